The highest BCUT2D eigenvalue weighted by Gasteiger charge is 2.22. The second-order valence-corrected chi connectivity index (χ2v) is 3.16. The summed E-state index contributed by atoms with van der Waals surface area (Å²) >= 11 is 0. The zero-order valence-corrected chi connectivity index (χ0v) is 6.99. The van der Waals surface area contributed by atoms with Gasteiger partial charge in [0.05, 0.1) is 0 Å². The number of nitrogens with zero attached hydrogens (tertiary/aromatic N) is 2. The number of nitrogens with one attached hydrogen (secondary N) is 2. The molecule has 0 unspecified atom stereocenters. The Labute approximate surface area is 74.5 Å². The van der Waals surface area contributed by atoms with Crippen molar-refractivity contribution in [1.29, 1.82) is 0 Å². The maximum Gasteiger partial charge on any atom is 0.366 e. The molecule has 0 bridgehead atoms. The molecule has 6 heteroatoms. The van der Waals surface area contributed by atoms with Gasteiger partial charge in [-0.2, -0.15) is 0 Å². The van der Waals surface area contributed by atoms with Gasteiger partial charge in [-0.1, -0.05) is 5.10 Å². The van der Waals surface area contributed by atoms with Gasteiger partial charge in [0.25, 0.3) is 0 Å². The average Bonchev–Trinajstić information content (AvgIpc) is 2.44. The van der Waals surface area contributed by atoms with E-state index < -0.39 is 4.92 Å². The van der Waals surface area contributed by atoms with Crippen molar-refractivity contribution in [2.75, 3.05) is 5.32 Å². The van der Waals surface area contributed by atoms with Crippen LogP contribution in [0, 0.1) is 10.1 Å². The van der Waals surface area contributed by atoms with E-state index in [1.54, 1.807) is 0 Å². The third kappa shape index (κ3) is 1.47. The lowest BCUT2D eigenvalue weighted by molar-refractivity contribution is -0.388. The summed E-state index contributed by atoms with van der Waals surface area (Å²) < 4.78 is 0. The highest BCUT2D eigenvalue weighted by atomic mass is 16.6. The molecular weight excluding hydrogens is 172 g/mol. The Morgan fingerprint density at radius 2 is 2.46 bits per heavy atom. The quantitative estimate of drug-likeness (QED) is 0.544. The van der Waals surface area contributed by atoms with Crippen molar-refractivity contribution in [3.8, 4) is 0 Å². The van der Waals surface area contributed by atoms with E-state index in [1.165, 1.54) is 12.6 Å². The summed E-state index contributed by atoms with van der Waals surface area (Å²) in [4.78, 5) is 10.0. The maximum atomic E-state index is 10.5. The summed E-state index contributed by atoms with van der Waals surface area (Å²) in [6.45, 7) is 0. The first kappa shape index (κ1) is 8.03. The Morgan fingerprint density at radius 3 is 3.00 bits per heavy atom. The number of anilines is 1. The lowest BCUT2D eigenvalue weighted by atomic mass is 9.93. The topological polar surface area (TPSA) is 83.8 Å². The minimum Gasteiger partial charge on any atom is -0.374 e. The van der Waals surface area contributed by atoms with Gasteiger partial charge in [0.1, 0.15) is 6.20 Å². The molecule has 0 amide bonds. The zero-order chi connectivity index (χ0) is 9.26. The molecule has 1 aliphatic carbocycles. The highest BCUT2D eigenvalue weighted by molar-refractivity contribution is 5.56. The Morgan fingerprint density at radius 1 is 1.69 bits per heavy atom. The predicted molar refractivity (Wildman–Crippen MR) is 46.5 cm³/mol. The summed E-state index contributed by atoms with van der Waals surface area (Å²) in [5, 5.41) is 19.5. The fraction of sp³-hybridized carbons (Fsp3) is 0.571. The van der Waals surface area contributed by atoms with Crippen LogP contribution >= 0.6 is 0 Å². The third-order valence-corrected chi connectivity index (χ3v) is 2.27. The van der Waals surface area contributed by atoms with Gasteiger partial charge < -0.3 is 15.4 Å². The largest absolute Gasteiger partial charge is 0.374 e. The molecule has 0 spiro atoms. The van der Waals surface area contributed by atoms with Crippen LogP contribution in [0.3, 0.4) is 0 Å². The van der Waals surface area contributed by atoms with Gasteiger partial charge in [0.2, 0.25) is 0 Å². The average molecular weight is 182 g/mol. The monoisotopic (exact) mass is 182 g/mol. The number of aromatic nitrogens is 2. The molecule has 13 heavy (non-hydrogen) atoms. The normalized spacial score (nSPS) is 16.6. The van der Waals surface area contributed by atoms with Gasteiger partial charge in [0.15, 0.2) is 5.69 Å². The molecule has 0 aliphatic heterocycles. The Balaban J connectivity index is 2.09. The van der Waals surface area contributed by atoms with E-state index in [9.17, 15) is 10.1 Å². The fourth-order valence-corrected chi connectivity index (χ4v) is 1.30. The van der Waals surface area contributed by atoms with Crippen molar-refractivity contribution in [3.05, 3.63) is 16.3 Å². The highest BCUT2D eigenvalue weighted by Crippen LogP contribution is 2.27. The minimum absolute atomic E-state index is 0.0492. The third-order valence-electron chi connectivity index (χ3n) is 2.27. The maximum absolute atomic E-state index is 10.5. The molecular formula is C7H10N4O2. The van der Waals surface area contributed by atoms with E-state index in [1.807, 2.05) is 0 Å². The first-order chi connectivity index (χ1) is 6.27. The van der Waals surface area contributed by atoms with Crippen LogP contribution in [0.2, 0.25) is 0 Å². The molecule has 2 rings (SSSR count). The van der Waals surface area contributed by atoms with Crippen molar-refractivity contribution < 1.29 is 4.92 Å². The van der Waals surface area contributed by atoms with Crippen LogP contribution in [-0.4, -0.2) is 21.2 Å². The molecule has 1 saturated carbocycles. The standard InChI is InChI=1S/C7H10N4O2/c12-11(13)7-6(4-8-10-7)9-5-2-1-3-5/h4-5,9H,1-3H2,(H,8,10). The van der Waals surface area contributed by atoms with Crippen molar-refractivity contribution in [1.82, 2.24) is 10.2 Å². The number of hydrogen-bond donors (Lipinski definition) is 2. The lowest BCUT2D eigenvalue weighted by Crippen LogP contribution is -2.27. The molecule has 1 aromatic rings. The first-order valence-electron chi connectivity index (χ1n) is 4.21. The minimum atomic E-state index is -0.464. The summed E-state index contributed by atoms with van der Waals surface area (Å²) in [5.74, 6) is -0.0492. The summed E-state index contributed by atoms with van der Waals surface area (Å²) in [6.07, 6.45) is 4.82. The SMILES string of the molecule is O=[N+]([O-])c1[nH]ncc1NC1CCC1. The van der Waals surface area contributed by atoms with Crippen molar-refractivity contribution in [3.63, 3.8) is 0 Å². The van der Waals surface area contributed by atoms with Gasteiger partial charge in [-0.3, -0.25) is 0 Å². The van der Waals surface area contributed by atoms with E-state index in [0.717, 1.165) is 12.8 Å². The number of H-pyrrole nitrogens is 1. The van der Waals surface area contributed by atoms with Gasteiger partial charge in [-0.25, -0.2) is 0 Å². The molecule has 0 saturated heterocycles. The summed E-state index contributed by atoms with van der Waals surface area (Å²) in [7, 11) is 0. The van der Waals surface area contributed by atoms with E-state index >= 15 is 0 Å². The zero-order valence-electron chi connectivity index (χ0n) is 6.99. The van der Waals surface area contributed by atoms with Crippen LogP contribution in [0.4, 0.5) is 11.5 Å². The van der Waals surface area contributed by atoms with E-state index in [4.69, 9.17) is 0 Å². The van der Waals surface area contributed by atoms with Crippen LogP contribution in [0.25, 0.3) is 0 Å². The molecule has 0 atom stereocenters. The lowest BCUT2D eigenvalue weighted by Gasteiger charge is -2.26. The molecule has 1 aromatic heterocycles. The number of hydrogen-bond acceptors (Lipinski definition) is 4. The summed E-state index contributed by atoms with van der Waals surface area (Å²) in [6, 6.07) is 0.385. The van der Waals surface area contributed by atoms with Crippen molar-refractivity contribution >= 4 is 11.5 Å². The molecule has 1 fully saturated rings. The first-order valence-corrected chi connectivity index (χ1v) is 4.21. The molecule has 2 N–H and O–H groups in total. The van der Waals surface area contributed by atoms with Gasteiger partial charge in [0, 0.05) is 6.04 Å². The molecule has 1 aliphatic rings. The van der Waals surface area contributed by atoms with Crippen LogP contribution in [0.15, 0.2) is 6.20 Å². The van der Waals surface area contributed by atoms with E-state index in [2.05, 4.69) is 15.5 Å². The molecule has 0 aromatic carbocycles. The Bertz CT molecular complexity index is 318. The second-order valence-electron chi connectivity index (χ2n) is 3.16. The predicted octanol–water partition coefficient (Wildman–Crippen LogP) is 1.28. The Hall–Kier alpha value is -1.59. The van der Waals surface area contributed by atoms with Crippen LogP contribution < -0.4 is 5.32 Å². The molecule has 0 radical (unpaired) electrons. The Kier molecular flexibility index (Phi) is 1.88. The second kappa shape index (κ2) is 3.04. The number of aromatic amines is 1. The van der Waals surface area contributed by atoms with Crippen molar-refractivity contribution in [2.24, 2.45) is 0 Å². The van der Waals surface area contributed by atoms with Crippen LogP contribution in [0.5, 0.6) is 0 Å². The number of rotatable bonds is 3. The van der Waals surface area contributed by atoms with Gasteiger partial charge >= 0.3 is 5.82 Å². The smallest absolute Gasteiger partial charge is 0.366 e. The van der Waals surface area contributed by atoms with E-state index in [0.29, 0.717) is 11.7 Å². The van der Waals surface area contributed by atoms with Crippen molar-refractivity contribution in [2.45, 2.75) is 25.3 Å². The number of nitro groups is 1. The van der Waals surface area contributed by atoms with Crippen LogP contribution in [0.1, 0.15) is 19.3 Å². The van der Waals surface area contributed by atoms with Gasteiger partial charge in [-0.15, -0.1) is 5.10 Å². The summed E-state index contributed by atoms with van der Waals surface area (Å²) in [5.41, 5.74) is 0.495. The van der Waals surface area contributed by atoms with Gasteiger partial charge in [-0.05, 0) is 24.2 Å². The van der Waals surface area contributed by atoms with Crippen LogP contribution in [-0.2, 0) is 0 Å². The molecule has 1 heterocycles. The molecule has 6 nitrogen and oxygen atoms in total. The molecule has 70 valence electrons. The fourth-order valence-electron chi connectivity index (χ4n) is 1.30. The van der Waals surface area contributed by atoms with E-state index in [-0.39, 0.29) is 5.82 Å².